The third-order valence-corrected chi connectivity index (χ3v) is 13.2. The van der Waals surface area contributed by atoms with Crippen molar-refractivity contribution in [2.75, 3.05) is 6.61 Å². The second-order valence-electron chi connectivity index (χ2n) is 11.6. The van der Waals surface area contributed by atoms with E-state index >= 15 is 0 Å². The minimum atomic E-state index is -2.17. The smallest absolute Gasteiger partial charge is 0.192 e. The summed E-state index contributed by atoms with van der Waals surface area (Å²) in [6, 6.07) is 0. The van der Waals surface area contributed by atoms with E-state index < -0.39 is 31.0 Å². The molecule has 5 nitrogen and oxygen atoms in total. The predicted molar refractivity (Wildman–Crippen MR) is 108 cm³/mol. The van der Waals surface area contributed by atoms with E-state index in [4.69, 9.17) is 9.16 Å². The highest BCUT2D eigenvalue weighted by Gasteiger charge is 2.76. The van der Waals surface area contributed by atoms with Gasteiger partial charge < -0.3 is 24.5 Å². The van der Waals surface area contributed by atoms with Gasteiger partial charge in [0, 0.05) is 0 Å². The molecule has 27 heavy (non-hydrogen) atoms. The standard InChI is InChI=1S/C21H40O5Si/c1-17(2,3)27(7,8)25-16-11-14-12-21(24)19(6,26-18(14,4)5)10-9-15(23)20(16,21)13-22/h14-16,22-24H,9-13H2,1-8H3/t14-,15+,16-,19+,20+,21-/m1/s1. The largest absolute Gasteiger partial charge is 0.413 e. The van der Waals surface area contributed by atoms with Crippen LogP contribution in [-0.2, 0) is 9.16 Å². The molecule has 1 heterocycles. The molecule has 1 saturated heterocycles. The van der Waals surface area contributed by atoms with Crippen LogP contribution in [0.5, 0.6) is 0 Å². The van der Waals surface area contributed by atoms with Crippen LogP contribution in [0.3, 0.4) is 0 Å². The van der Waals surface area contributed by atoms with Crippen LogP contribution in [0.25, 0.3) is 0 Å². The molecular formula is C21H40O5Si. The van der Waals surface area contributed by atoms with Crippen molar-refractivity contribution in [1.29, 1.82) is 0 Å². The zero-order chi connectivity index (χ0) is 20.7. The molecule has 3 rings (SSSR count). The Morgan fingerprint density at radius 3 is 2.30 bits per heavy atom. The molecule has 0 aromatic rings. The summed E-state index contributed by atoms with van der Waals surface area (Å²) in [5.41, 5.74) is -3.59. The van der Waals surface area contributed by atoms with E-state index in [9.17, 15) is 15.3 Å². The molecule has 6 atom stereocenters. The monoisotopic (exact) mass is 400 g/mol. The molecule has 0 aromatic carbocycles. The predicted octanol–water partition coefficient (Wildman–Crippen LogP) is 3.22. The van der Waals surface area contributed by atoms with Gasteiger partial charge in [0.2, 0.25) is 0 Å². The van der Waals surface area contributed by atoms with Crippen molar-refractivity contribution in [2.24, 2.45) is 11.3 Å². The van der Waals surface area contributed by atoms with Crippen LogP contribution in [0.15, 0.2) is 0 Å². The van der Waals surface area contributed by atoms with E-state index in [-0.39, 0.29) is 29.3 Å². The first-order valence-electron chi connectivity index (χ1n) is 10.5. The van der Waals surface area contributed by atoms with Gasteiger partial charge in [0.1, 0.15) is 5.60 Å². The summed E-state index contributed by atoms with van der Waals surface area (Å²) < 4.78 is 13.3. The molecule has 0 unspecified atom stereocenters. The molecule has 0 spiro atoms. The molecule has 2 bridgehead atoms. The molecule has 0 amide bonds. The Hall–Kier alpha value is 0.0169. The van der Waals surface area contributed by atoms with Crippen molar-refractivity contribution < 1.29 is 24.5 Å². The Bertz CT molecular complexity index is 600. The molecule has 158 valence electrons. The summed E-state index contributed by atoms with van der Waals surface area (Å²) >= 11 is 0. The molecule has 6 heteroatoms. The number of ether oxygens (including phenoxy) is 1. The van der Waals surface area contributed by atoms with Crippen LogP contribution < -0.4 is 0 Å². The van der Waals surface area contributed by atoms with Crippen molar-refractivity contribution in [3.05, 3.63) is 0 Å². The first-order chi connectivity index (χ1) is 12.1. The third-order valence-electron chi connectivity index (χ3n) is 8.73. The average molecular weight is 401 g/mol. The van der Waals surface area contributed by atoms with Crippen molar-refractivity contribution in [1.82, 2.24) is 0 Å². The third kappa shape index (κ3) is 2.74. The lowest BCUT2D eigenvalue weighted by Crippen LogP contribution is -2.82. The average Bonchev–Trinajstić information content (AvgIpc) is 2.49. The zero-order valence-corrected chi connectivity index (χ0v) is 19.4. The van der Waals surface area contributed by atoms with Crippen molar-refractivity contribution in [2.45, 2.75) is 114 Å². The minimum absolute atomic E-state index is 0.00770. The van der Waals surface area contributed by atoms with Gasteiger partial charge >= 0.3 is 0 Å². The second-order valence-corrected chi connectivity index (χ2v) is 16.3. The van der Waals surface area contributed by atoms with Crippen molar-refractivity contribution >= 4 is 8.32 Å². The van der Waals surface area contributed by atoms with Crippen LogP contribution in [-0.4, -0.2) is 59.3 Å². The molecular weight excluding hydrogens is 360 g/mol. The summed E-state index contributed by atoms with van der Waals surface area (Å²) in [6.07, 6.45) is 1.11. The Kier molecular flexibility index (Phi) is 4.84. The first kappa shape index (κ1) is 21.7. The molecule has 1 aliphatic heterocycles. The normalized spacial score (nSPS) is 47.0. The van der Waals surface area contributed by atoms with Gasteiger partial charge in [-0.05, 0) is 70.5 Å². The highest BCUT2D eigenvalue weighted by molar-refractivity contribution is 6.74. The topological polar surface area (TPSA) is 79.2 Å². The van der Waals surface area contributed by atoms with E-state index in [0.29, 0.717) is 25.7 Å². The van der Waals surface area contributed by atoms with Gasteiger partial charge in [-0.25, -0.2) is 0 Å². The van der Waals surface area contributed by atoms with Crippen molar-refractivity contribution in [3.63, 3.8) is 0 Å². The number of hydrogen-bond acceptors (Lipinski definition) is 5. The maximum Gasteiger partial charge on any atom is 0.192 e. The van der Waals surface area contributed by atoms with E-state index in [1.54, 1.807) is 0 Å². The van der Waals surface area contributed by atoms with Gasteiger partial charge in [0.05, 0.1) is 35.4 Å². The molecule has 3 aliphatic rings. The molecule has 0 radical (unpaired) electrons. The molecule has 2 aliphatic carbocycles. The summed E-state index contributed by atoms with van der Waals surface area (Å²) in [5, 5.41) is 33.8. The summed E-state index contributed by atoms with van der Waals surface area (Å²) in [7, 11) is -2.17. The Labute approximate surface area is 165 Å². The number of fused-ring (bicyclic) bond motifs is 1. The summed E-state index contributed by atoms with van der Waals surface area (Å²) in [5.74, 6) is 0.121. The number of rotatable bonds is 3. The number of aliphatic hydroxyl groups is 3. The van der Waals surface area contributed by atoms with E-state index in [0.717, 1.165) is 0 Å². The summed E-state index contributed by atoms with van der Waals surface area (Å²) in [6.45, 7) is 16.8. The lowest BCUT2D eigenvalue weighted by Gasteiger charge is -2.71. The van der Waals surface area contributed by atoms with Crippen molar-refractivity contribution in [3.8, 4) is 0 Å². The molecule has 2 saturated carbocycles. The van der Waals surface area contributed by atoms with E-state index in [2.05, 4.69) is 47.7 Å². The maximum absolute atomic E-state index is 12.1. The van der Waals surface area contributed by atoms with Gasteiger partial charge in [0.15, 0.2) is 8.32 Å². The summed E-state index contributed by atoms with van der Waals surface area (Å²) in [4.78, 5) is 0. The van der Waals surface area contributed by atoms with Gasteiger partial charge in [-0.3, -0.25) is 0 Å². The highest BCUT2D eigenvalue weighted by Crippen LogP contribution is 2.65. The lowest BCUT2D eigenvalue weighted by molar-refractivity contribution is -0.386. The number of hydrogen-bond donors (Lipinski definition) is 3. The Morgan fingerprint density at radius 2 is 1.78 bits per heavy atom. The SMILES string of the molecule is CC1(C)O[C@@]2(C)CC[C@H](O)[C@@]3(CO)[C@H](O[Si](C)(C)C(C)(C)C)C[C@@H]1C[C@]32O. The number of aliphatic hydroxyl groups excluding tert-OH is 2. The highest BCUT2D eigenvalue weighted by atomic mass is 28.4. The Morgan fingerprint density at radius 1 is 1.19 bits per heavy atom. The van der Waals surface area contributed by atoms with Crippen LogP contribution in [0.2, 0.25) is 18.1 Å². The van der Waals surface area contributed by atoms with Crippen LogP contribution in [0.1, 0.15) is 67.2 Å². The van der Waals surface area contributed by atoms with Crippen LogP contribution in [0.4, 0.5) is 0 Å². The molecule has 3 fully saturated rings. The van der Waals surface area contributed by atoms with E-state index in [1.165, 1.54) is 0 Å². The Balaban J connectivity index is 2.14. The quantitative estimate of drug-likeness (QED) is 0.634. The van der Waals surface area contributed by atoms with Crippen LogP contribution >= 0.6 is 0 Å². The van der Waals surface area contributed by atoms with E-state index in [1.807, 2.05) is 6.92 Å². The van der Waals surface area contributed by atoms with Gasteiger partial charge in [-0.1, -0.05) is 20.8 Å². The molecule has 3 N–H and O–H groups in total. The fraction of sp³-hybridized carbons (Fsp3) is 1.00. The zero-order valence-electron chi connectivity index (χ0n) is 18.4. The second kappa shape index (κ2) is 6.02. The van der Waals surface area contributed by atoms with Crippen LogP contribution in [0, 0.1) is 11.3 Å². The maximum atomic E-state index is 12.1. The van der Waals surface area contributed by atoms with Gasteiger partial charge in [0.25, 0.3) is 0 Å². The van der Waals surface area contributed by atoms with Gasteiger partial charge in [-0.15, -0.1) is 0 Å². The fourth-order valence-electron chi connectivity index (χ4n) is 5.79. The fourth-order valence-corrected chi connectivity index (χ4v) is 7.16. The molecule has 0 aromatic heterocycles. The lowest BCUT2D eigenvalue weighted by atomic mass is 9.45. The minimum Gasteiger partial charge on any atom is -0.413 e. The van der Waals surface area contributed by atoms with Gasteiger partial charge in [-0.2, -0.15) is 0 Å². The first-order valence-corrected chi connectivity index (χ1v) is 13.4.